The van der Waals surface area contributed by atoms with E-state index in [-0.39, 0.29) is 11.9 Å². The number of amides is 1. The average Bonchev–Trinajstić information content (AvgIpc) is 2.76. The third-order valence-corrected chi connectivity index (χ3v) is 4.89. The zero-order valence-electron chi connectivity index (χ0n) is 12.9. The Balaban J connectivity index is 2.16. The molecule has 0 aromatic rings. The van der Waals surface area contributed by atoms with Crippen LogP contribution >= 0.6 is 0 Å². The fourth-order valence-electron chi connectivity index (χ4n) is 3.65. The first-order valence-corrected chi connectivity index (χ1v) is 8.00. The summed E-state index contributed by atoms with van der Waals surface area (Å²) in [5, 5.41) is 9.67. The van der Waals surface area contributed by atoms with Crippen molar-refractivity contribution in [1.29, 1.82) is 5.26 Å². The lowest BCUT2D eigenvalue weighted by Gasteiger charge is -2.35. The molecule has 4 heteroatoms. The molecule has 2 rings (SSSR count). The predicted octanol–water partition coefficient (Wildman–Crippen LogP) is 2.40. The zero-order valence-corrected chi connectivity index (χ0v) is 12.9. The molecule has 1 saturated carbocycles. The Hall–Kier alpha value is -1.08. The molecule has 2 aliphatic rings. The third kappa shape index (κ3) is 3.15. The molecule has 20 heavy (non-hydrogen) atoms. The highest BCUT2D eigenvalue weighted by atomic mass is 16.2. The topological polar surface area (TPSA) is 47.3 Å². The zero-order chi connectivity index (χ0) is 14.6. The van der Waals surface area contributed by atoms with E-state index in [0.717, 1.165) is 64.6 Å². The van der Waals surface area contributed by atoms with Crippen molar-refractivity contribution < 1.29 is 4.79 Å². The van der Waals surface area contributed by atoms with Gasteiger partial charge in [-0.2, -0.15) is 5.26 Å². The van der Waals surface area contributed by atoms with E-state index >= 15 is 0 Å². The van der Waals surface area contributed by atoms with Gasteiger partial charge in [0.25, 0.3) is 0 Å². The summed E-state index contributed by atoms with van der Waals surface area (Å²) < 4.78 is 0. The second-order valence-corrected chi connectivity index (χ2v) is 6.57. The van der Waals surface area contributed by atoms with Gasteiger partial charge in [-0.05, 0) is 39.8 Å². The summed E-state index contributed by atoms with van der Waals surface area (Å²) in [6.07, 6.45) is 6.86. The van der Waals surface area contributed by atoms with Crippen LogP contribution in [0.3, 0.4) is 0 Å². The molecule has 1 aliphatic carbocycles. The number of carbonyl (C=O) groups is 1. The maximum absolute atomic E-state index is 13.0. The van der Waals surface area contributed by atoms with Crippen LogP contribution in [0.1, 0.15) is 51.9 Å². The SMILES string of the molecule is CC1CN(C)CCCN1C(=O)C1(C#N)CCCCCC1. The van der Waals surface area contributed by atoms with Crippen molar-refractivity contribution in [2.75, 3.05) is 26.7 Å². The molecule has 1 aliphatic heterocycles. The minimum absolute atomic E-state index is 0.102. The van der Waals surface area contributed by atoms with E-state index in [4.69, 9.17) is 0 Å². The van der Waals surface area contributed by atoms with E-state index in [1.807, 2.05) is 4.90 Å². The number of hydrogen-bond acceptors (Lipinski definition) is 3. The molecule has 0 aromatic carbocycles. The molecule has 1 amide bonds. The van der Waals surface area contributed by atoms with Crippen LogP contribution in [0.5, 0.6) is 0 Å². The average molecular weight is 277 g/mol. The Bertz CT molecular complexity index is 380. The lowest BCUT2D eigenvalue weighted by molar-refractivity contribution is -0.141. The summed E-state index contributed by atoms with van der Waals surface area (Å²) in [6, 6.07) is 2.61. The monoisotopic (exact) mass is 277 g/mol. The summed E-state index contributed by atoms with van der Waals surface area (Å²) >= 11 is 0. The molecule has 1 saturated heterocycles. The molecular formula is C16H27N3O. The number of hydrogen-bond donors (Lipinski definition) is 0. The first kappa shape index (κ1) is 15.3. The first-order chi connectivity index (χ1) is 9.59. The number of likely N-dealkylation sites (N-methyl/N-ethyl adjacent to an activating group) is 1. The molecule has 2 fully saturated rings. The number of nitriles is 1. The van der Waals surface area contributed by atoms with Crippen LogP contribution in [0.2, 0.25) is 0 Å². The van der Waals surface area contributed by atoms with E-state index < -0.39 is 5.41 Å². The van der Waals surface area contributed by atoms with E-state index in [0.29, 0.717) is 0 Å². The van der Waals surface area contributed by atoms with E-state index in [9.17, 15) is 10.1 Å². The van der Waals surface area contributed by atoms with Gasteiger partial charge < -0.3 is 9.80 Å². The number of nitrogens with zero attached hydrogens (tertiary/aromatic N) is 3. The fourth-order valence-corrected chi connectivity index (χ4v) is 3.65. The van der Waals surface area contributed by atoms with Gasteiger partial charge in [0.05, 0.1) is 6.07 Å². The Morgan fingerprint density at radius 3 is 2.40 bits per heavy atom. The fraction of sp³-hybridized carbons (Fsp3) is 0.875. The molecule has 0 spiro atoms. The van der Waals surface area contributed by atoms with Gasteiger partial charge in [0.1, 0.15) is 5.41 Å². The van der Waals surface area contributed by atoms with Crippen LogP contribution in [0.15, 0.2) is 0 Å². The number of carbonyl (C=O) groups excluding carboxylic acids is 1. The van der Waals surface area contributed by atoms with E-state index in [1.54, 1.807) is 0 Å². The molecule has 4 nitrogen and oxygen atoms in total. The summed E-state index contributed by atoms with van der Waals surface area (Å²) in [7, 11) is 2.11. The van der Waals surface area contributed by atoms with Crippen LogP contribution < -0.4 is 0 Å². The minimum atomic E-state index is -0.742. The first-order valence-electron chi connectivity index (χ1n) is 8.00. The molecule has 0 radical (unpaired) electrons. The summed E-state index contributed by atoms with van der Waals surface area (Å²) in [6.45, 7) is 4.86. The molecule has 0 aromatic heterocycles. The van der Waals surface area contributed by atoms with Gasteiger partial charge in [0.2, 0.25) is 5.91 Å². The maximum Gasteiger partial charge on any atom is 0.243 e. The Labute approximate surface area is 122 Å². The van der Waals surface area contributed by atoms with Gasteiger partial charge in [-0.3, -0.25) is 4.79 Å². The van der Waals surface area contributed by atoms with Crippen LogP contribution in [0, 0.1) is 16.7 Å². The quantitative estimate of drug-likeness (QED) is 0.691. The molecule has 1 unspecified atom stereocenters. The smallest absolute Gasteiger partial charge is 0.243 e. The molecule has 0 bridgehead atoms. The number of rotatable bonds is 1. The van der Waals surface area contributed by atoms with Gasteiger partial charge in [-0.1, -0.05) is 25.7 Å². The largest absolute Gasteiger partial charge is 0.337 e. The summed E-state index contributed by atoms with van der Waals surface area (Å²) in [5.74, 6) is 0.102. The van der Waals surface area contributed by atoms with Crippen LogP contribution in [-0.4, -0.2) is 48.4 Å². The molecule has 112 valence electrons. The normalized spacial score (nSPS) is 28.2. The van der Waals surface area contributed by atoms with Gasteiger partial charge in [-0.25, -0.2) is 0 Å². The highest BCUT2D eigenvalue weighted by Gasteiger charge is 2.43. The lowest BCUT2D eigenvalue weighted by atomic mass is 9.80. The highest BCUT2D eigenvalue weighted by molar-refractivity contribution is 5.85. The second-order valence-electron chi connectivity index (χ2n) is 6.57. The Morgan fingerprint density at radius 1 is 1.15 bits per heavy atom. The second kappa shape index (κ2) is 6.58. The van der Waals surface area contributed by atoms with Crippen LogP contribution in [-0.2, 0) is 4.79 Å². The van der Waals surface area contributed by atoms with Crippen molar-refractivity contribution >= 4 is 5.91 Å². The summed E-state index contributed by atoms with van der Waals surface area (Å²) in [5.41, 5.74) is -0.742. The van der Waals surface area contributed by atoms with E-state index in [2.05, 4.69) is 24.9 Å². The molecular weight excluding hydrogens is 250 g/mol. The molecule has 1 heterocycles. The van der Waals surface area contributed by atoms with Gasteiger partial charge in [-0.15, -0.1) is 0 Å². The van der Waals surface area contributed by atoms with Crippen LogP contribution in [0.25, 0.3) is 0 Å². The third-order valence-electron chi connectivity index (χ3n) is 4.89. The predicted molar refractivity (Wildman–Crippen MR) is 79.0 cm³/mol. The van der Waals surface area contributed by atoms with Crippen molar-refractivity contribution in [2.24, 2.45) is 5.41 Å². The summed E-state index contributed by atoms with van der Waals surface area (Å²) in [4.78, 5) is 17.3. The highest BCUT2D eigenvalue weighted by Crippen LogP contribution is 2.37. The van der Waals surface area contributed by atoms with Crippen molar-refractivity contribution in [1.82, 2.24) is 9.80 Å². The lowest BCUT2D eigenvalue weighted by Crippen LogP contribution is -2.49. The van der Waals surface area contributed by atoms with Crippen molar-refractivity contribution in [3.63, 3.8) is 0 Å². The van der Waals surface area contributed by atoms with Gasteiger partial charge in [0, 0.05) is 19.1 Å². The standard InChI is InChI=1S/C16H27N3O/c1-14-12-18(2)10-7-11-19(14)15(20)16(13-17)8-5-3-4-6-9-16/h14H,3-12H2,1-2H3. The van der Waals surface area contributed by atoms with Gasteiger partial charge >= 0.3 is 0 Å². The molecule has 0 N–H and O–H groups in total. The van der Waals surface area contributed by atoms with Crippen molar-refractivity contribution in [2.45, 2.75) is 57.9 Å². The Kier molecular flexibility index (Phi) is 5.04. The van der Waals surface area contributed by atoms with Crippen molar-refractivity contribution in [3.8, 4) is 6.07 Å². The van der Waals surface area contributed by atoms with Gasteiger partial charge in [0.15, 0.2) is 0 Å². The minimum Gasteiger partial charge on any atom is -0.337 e. The van der Waals surface area contributed by atoms with Crippen LogP contribution in [0.4, 0.5) is 0 Å². The maximum atomic E-state index is 13.0. The van der Waals surface area contributed by atoms with Crippen molar-refractivity contribution in [3.05, 3.63) is 0 Å². The van der Waals surface area contributed by atoms with E-state index in [1.165, 1.54) is 0 Å². The molecule has 1 atom stereocenters. The Morgan fingerprint density at radius 2 is 1.80 bits per heavy atom.